The van der Waals surface area contributed by atoms with E-state index in [9.17, 15) is 0 Å². The molecular weight excluding hydrogens is 621 g/mol. The molecule has 0 fully saturated rings. The van der Waals surface area contributed by atoms with Crippen LogP contribution in [0.1, 0.15) is 0 Å². The number of furan rings is 1. The molecule has 0 amide bonds. The molecule has 240 valence electrons. The molecule has 2 heterocycles. The van der Waals surface area contributed by atoms with Crippen LogP contribution >= 0.6 is 0 Å². The molecular formula is C48H32N2O. The molecule has 0 spiro atoms. The monoisotopic (exact) mass is 652 g/mol. The summed E-state index contributed by atoms with van der Waals surface area (Å²) in [6.45, 7) is 0. The third-order valence-corrected chi connectivity index (χ3v) is 9.99. The smallest absolute Gasteiger partial charge is 0.145 e. The summed E-state index contributed by atoms with van der Waals surface area (Å²) in [6, 6.07) is 69.0. The van der Waals surface area contributed by atoms with Gasteiger partial charge in [-0.05, 0) is 83.4 Å². The van der Waals surface area contributed by atoms with Gasteiger partial charge in [0.1, 0.15) is 11.2 Å². The third kappa shape index (κ3) is 4.82. The van der Waals surface area contributed by atoms with Crippen LogP contribution < -0.4 is 4.90 Å². The summed E-state index contributed by atoms with van der Waals surface area (Å²) >= 11 is 0. The van der Waals surface area contributed by atoms with Crippen molar-refractivity contribution in [1.29, 1.82) is 0 Å². The lowest BCUT2D eigenvalue weighted by atomic mass is 9.99. The largest absolute Gasteiger partial charge is 0.455 e. The van der Waals surface area contributed by atoms with Gasteiger partial charge in [-0.15, -0.1) is 0 Å². The molecule has 0 aliphatic rings. The summed E-state index contributed by atoms with van der Waals surface area (Å²) in [5.74, 6) is 0. The Morgan fingerprint density at radius 1 is 0.412 bits per heavy atom. The minimum atomic E-state index is 0.868. The molecule has 0 N–H and O–H groups in total. The Hall–Kier alpha value is -6.84. The number of fused-ring (bicyclic) bond motifs is 6. The van der Waals surface area contributed by atoms with Crippen LogP contribution in [0.15, 0.2) is 199 Å². The van der Waals surface area contributed by atoms with E-state index in [1.54, 1.807) is 0 Å². The highest BCUT2D eigenvalue weighted by Gasteiger charge is 2.22. The summed E-state index contributed by atoms with van der Waals surface area (Å²) < 4.78 is 9.18. The first kappa shape index (κ1) is 29.1. The summed E-state index contributed by atoms with van der Waals surface area (Å²) in [6.07, 6.45) is 0. The van der Waals surface area contributed by atoms with Gasteiger partial charge in [0.2, 0.25) is 0 Å². The first-order chi connectivity index (χ1) is 25.3. The predicted molar refractivity (Wildman–Crippen MR) is 214 cm³/mol. The molecule has 0 bridgehead atoms. The van der Waals surface area contributed by atoms with E-state index < -0.39 is 0 Å². The number of aromatic nitrogens is 1. The molecule has 0 saturated heterocycles. The Kier molecular flexibility index (Phi) is 6.81. The van der Waals surface area contributed by atoms with Gasteiger partial charge in [0, 0.05) is 38.8 Å². The minimum absolute atomic E-state index is 0.868. The van der Waals surface area contributed by atoms with Gasteiger partial charge in [0.05, 0.1) is 22.1 Å². The number of para-hydroxylation sites is 4. The van der Waals surface area contributed by atoms with Crippen molar-refractivity contribution in [3.05, 3.63) is 194 Å². The first-order valence-corrected chi connectivity index (χ1v) is 17.4. The van der Waals surface area contributed by atoms with Gasteiger partial charge in [-0.25, -0.2) is 0 Å². The van der Waals surface area contributed by atoms with Crippen LogP contribution in [0.3, 0.4) is 0 Å². The lowest BCUT2D eigenvalue weighted by Gasteiger charge is -2.27. The predicted octanol–water partition coefficient (Wildman–Crippen LogP) is 13.5. The topological polar surface area (TPSA) is 21.3 Å². The third-order valence-electron chi connectivity index (χ3n) is 9.99. The molecule has 10 rings (SSSR count). The Morgan fingerprint density at radius 3 is 1.71 bits per heavy atom. The molecule has 0 aliphatic heterocycles. The highest BCUT2D eigenvalue weighted by molar-refractivity contribution is 6.17. The summed E-state index contributed by atoms with van der Waals surface area (Å²) in [5, 5.41) is 4.67. The lowest BCUT2D eigenvalue weighted by Crippen LogP contribution is -2.10. The van der Waals surface area contributed by atoms with Gasteiger partial charge < -0.3 is 13.9 Å². The van der Waals surface area contributed by atoms with Gasteiger partial charge in [0.25, 0.3) is 0 Å². The molecule has 3 heteroatoms. The van der Waals surface area contributed by atoms with Crippen molar-refractivity contribution in [3.8, 4) is 27.9 Å². The number of anilines is 3. The van der Waals surface area contributed by atoms with Crippen LogP contribution in [0.5, 0.6) is 0 Å². The molecule has 10 aromatic rings. The fourth-order valence-corrected chi connectivity index (χ4v) is 7.68. The van der Waals surface area contributed by atoms with Crippen molar-refractivity contribution in [2.45, 2.75) is 0 Å². The van der Waals surface area contributed by atoms with E-state index in [1.165, 1.54) is 32.9 Å². The van der Waals surface area contributed by atoms with E-state index in [1.807, 2.05) is 6.07 Å². The van der Waals surface area contributed by atoms with E-state index in [4.69, 9.17) is 4.42 Å². The van der Waals surface area contributed by atoms with Gasteiger partial charge in [-0.3, -0.25) is 0 Å². The molecule has 3 nitrogen and oxygen atoms in total. The summed E-state index contributed by atoms with van der Waals surface area (Å²) in [7, 11) is 0. The fourth-order valence-electron chi connectivity index (χ4n) is 7.68. The number of rotatable bonds is 6. The van der Waals surface area contributed by atoms with Crippen LogP contribution in [0.2, 0.25) is 0 Å². The second kappa shape index (κ2) is 11.9. The van der Waals surface area contributed by atoms with Crippen molar-refractivity contribution in [3.63, 3.8) is 0 Å². The maximum atomic E-state index is 6.82. The summed E-state index contributed by atoms with van der Waals surface area (Å²) in [5.41, 5.74) is 13.0. The van der Waals surface area contributed by atoms with E-state index in [0.717, 1.165) is 55.8 Å². The van der Waals surface area contributed by atoms with Gasteiger partial charge in [-0.2, -0.15) is 0 Å². The normalized spacial score (nSPS) is 11.5. The first-order valence-electron chi connectivity index (χ1n) is 17.4. The van der Waals surface area contributed by atoms with Crippen LogP contribution in [-0.2, 0) is 0 Å². The number of hydrogen-bond donors (Lipinski definition) is 0. The van der Waals surface area contributed by atoms with Gasteiger partial charge in [-0.1, -0.05) is 127 Å². The molecule has 0 radical (unpaired) electrons. The highest BCUT2D eigenvalue weighted by atomic mass is 16.3. The highest BCUT2D eigenvalue weighted by Crippen LogP contribution is 2.46. The Labute approximate surface area is 295 Å². The zero-order valence-electron chi connectivity index (χ0n) is 27.8. The van der Waals surface area contributed by atoms with Crippen molar-refractivity contribution >= 4 is 60.8 Å². The van der Waals surface area contributed by atoms with Gasteiger partial charge >= 0.3 is 0 Å². The van der Waals surface area contributed by atoms with Crippen molar-refractivity contribution in [2.24, 2.45) is 0 Å². The Bertz CT molecular complexity index is 2790. The number of benzene rings is 8. The van der Waals surface area contributed by atoms with Crippen LogP contribution in [-0.4, -0.2) is 4.57 Å². The van der Waals surface area contributed by atoms with E-state index in [0.29, 0.717) is 0 Å². The van der Waals surface area contributed by atoms with Gasteiger partial charge in [0.15, 0.2) is 0 Å². The average molecular weight is 653 g/mol. The molecule has 2 aromatic heterocycles. The number of nitrogens with zero attached hydrogens (tertiary/aromatic N) is 2. The van der Waals surface area contributed by atoms with Crippen LogP contribution in [0.4, 0.5) is 17.1 Å². The Balaban J connectivity index is 1.18. The van der Waals surface area contributed by atoms with Crippen molar-refractivity contribution < 1.29 is 4.42 Å². The number of hydrogen-bond acceptors (Lipinski definition) is 2. The van der Waals surface area contributed by atoms with E-state index in [-0.39, 0.29) is 0 Å². The second-order valence-electron chi connectivity index (χ2n) is 12.9. The molecule has 8 aromatic carbocycles. The molecule has 0 saturated carbocycles. The van der Waals surface area contributed by atoms with Crippen LogP contribution in [0.25, 0.3) is 71.7 Å². The quantitative estimate of drug-likeness (QED) is 0.178. The SMILES string of the molecule is c1ccc(-c2ccc(N(c3ccccc3)c3ccc(-c4cccc(-n5c6ccccc6c6ccccc65)c4)c4oc5ccccc5c34)cc2)cc1. The van der Waals surface area contributed by atoms with Crippen molar-refractivity contribution in [1.82, 2.24) is 4.57 Å². The minimum Gasteiger partial charge on any atom is -0.455 e. The zero-order valence-corrected chi connectivity index (χ0v) is 27.8. The maximum Gasteiger partial charge on any atom is 0.145 e. The average Bonchev–Trinajstić information content (AvgIpc) is 3.76. The van der Waals surface area contributed by atoms with Crippen LogP contribution in [0, 0.1) is 0 Å². The zero-order chi connectivity index (χ0) is 33.7. The maximum absolute atomic E-state index is 6.82. The molecule has 51 heavy (non-hydrogen) atoms. The molecule has 0 atom stereocenters. The molecule has 0 unspecified atom stereocenters. The van der Waals surface area contributed by atoms with Crippen molar-refractivity contribution in [2.75, 3.05) is 4.90 Å². The summed E-state index contributed by atoms with van der Waals surface area (Å²) in [4.78, 5) is 2.34. The standard InChI is InChI=1S/C48H32N2O/c1-3-14-33(15-4-1)34-26-28-37(29-27-34)49(36-17-5-2-6-18-36)45-31-30-39(48-47(45)42-22-9-12-25-46(42)51-48)35-16-13-19-38(32-35)50-43-23-10-7-20-40(43)41-21-8-11-24-44(41)50/h1-32H. The molecule has 0 aliphatic carbocycles. The second-order valence-corrected chi connectivity index (χ2v) is 12.9. The van der Waals surface area contributed by atoms with E-state index in [2.05, 4.69) is 198 Å². The lowest BCUT2D eigenvalue weighted by molar-refractivity contribution is 0.670. The fraction of sp³-hybridized carbons (Fsp3) is 0. The Morgan fingerprint density at radius 2 is 0.980 bits per heavy atom. The van der Waals surface area contributed by atoms with E-state index >= 15 is 0 Å².